The highest BCUT2D eigenvalue weighted by Crippen LogP contribution is 2.33. The van der Waals surface area contributed by atoms with Crippen molar-refractivity contribution in [1.29, 1.82) is 0 Å². The van der Waals surface area contributed by atoms with Crippen LogP contribution >= 0.6 is 0 Å². The molecule has 10 heteroatoms. The first-order valence-electron chi connectivity index (χ1n) is 8.20. The maximum atomic E-state index is 12.5. The van der Waals surface area contributed by atoms with Gasteiger partial charge in [-0.15, -0.1) is 0 Å². The predicted octanol–water partition coefficient (Wildman–Crippen LogP) is 2.62. The molecule has 0 atom stereocenters. The zero-order chi connectivity index (χ0) is 21.1. The van der Waals surface area contributed by atoms with Crippen LogP contribution in [0.5, 0.6) is 5.75 Å². The number of methoxy groups -OCH3 is 1. The fraction of sp³-hybridized carbons (Fsp3) is 0.278. The molecule has 150 valence electrons. The lowest BCUT2D eigenvalue weighted by Crippen LogP contribution is -2.37. The van der Waals surface area contributed by atoms with Crippen LogP contribution in [0.25, 0.3) is 0 Å². The third kappa shape index (κ3) is 4.97. The van der Waals surface area contributed by atoms with Gasteiger partial charge in [-0.2, -0.15) is 0 Å². The van der Waals surface area contributed by atoms with E-state index < -0.39 is 27.4 Å². The molecule has 1 N–H and O–H groups in total. The van der Waals surface area contributed by atoms with Crippen molar-refractivity contribution < 1.29 is 22.9 Å². The molecule has 0 bridgehead atoms. The molecular weight excluding hydrogens is 386 g/mol. The summed E-state index contributed by atoms with van der Waals surface area (Å²) in [5.74, 6) is -0.497. The number of hydrogen-bond donors (Lipinski definition) is 1. The van der Waals surface area contributed by atoms with Gasteiger partial charge in [-0.25, -0.2) is 8.42 Å². The zero-order valence-electron chi connectivity index (χ0n) is 15.9. The van der Waals surface area contributed by atoms with Crippen molar-refractivity contribution >= 4 is 33.0 Å². The van der Waals surface area contributed by atoms with Crippen LogP contribution in [0.2, 0.25) is 0 Å². The number of rotatable bonds is 7. The van der Waals surface area contributed by atoms with Crippen molar-refractivity contribution in [2.24, 2.45) is 0 Å². The Hall–Kier alpha value is -3.14. The van der Waals surface area contributed by atoms with Gasteiger partial charge in [0.2, 0.25) is 15.9 Å². The first kappa shape index (κ1) is 21.2. The number of ether oxygens (including phenoxy) is 1. The quantitative estimate of drug-likeness (QED) is 0.557. The van der Waals surface area contributed by atoms with Crippen LogP contribution < -0.4 is 14.4 Å². The number of carbonyl (C=O) groups is 1. The Morgan fingerprint density at radius 1 is 1.21 bits per heavy atom. The van der Waals surface area contributed by atoms with Crippen molar-refractivity contribution in [2.75, 3.05) is 29.5 Å². The molecule has 28 heavy (non-hydrogen) atoms. The Morgan fingerprint density at radius 3 is 2.46 bits per heavy atom. The van der Waals surface area contributed by atoms with Gasteiger partial charge in [0.25, 0.3) is 5.69 Å². The summed E-state index contributed by atoms with van der Waals surface area (Å²) in [6.07, 6.45) is 0.913. The highest BCUT2D eigenvalue weighted by atomic mass is 32.2. The van der Waals surface area contributed by atoms with Crippen molar-refractivity contribution in [3.8, 4) is 5.75 Å². The SMILES string of the molecule is COc1ccc([N+](=O)[O-])cc1N(CC(=O)Nc1cc(C)ccc1C)S(C)(=O)=O. The van der Waals surface area contributed by atoms with Crippen LogP contribution in [0, 0.1) is 24.0 Å². The third-order valence-electron chi connectivity index (χ3n) is 4.00. The van der Waals surface area contributed by atoms with E-state index in [1.54, 1.807) is 6.07 Å². The number of hydrogen-bond acceptors (Lipinski definition) is 6. The number of nitrogens with zero attached hydrogens (tertiary/aromatic N) is 2. The summed E-state index contributed by atoms with van der Waals surface area (Å²) in [6.45, 7) is 3.11. The van der Waals surface area contributed by atoms with Gasteiger partial charge in [0.15, 0.2) is 0 Å². The summed E-state index contributed by atoms with van der Waals surface area (Å²) >= 11 is 0. The van der Waals surface area contributed by atoms with Gasteiger partial charge in [0.05, 0.1) is 18.3 Å². The normalized spacial score (nSPS) is 11.0. The van der Waals surface area contributed by atoms with Crippen LogP contribution in [0.1, 0.15) is 11.1 Å². The standard InChI is InChI=1S/C18H21N3O6S/c1-12-5-6-13(2)15(9-12)19-18(22)11-20(28(4,25)26)16-10-14(21(23)24)7-8-17(16)27-3/h5-10H,11H2,1-4H3,(H,19,22). The Labute approximate surface area is 163 Å². The van der Waals surface area contributed by atoms with Crippen molar-refractivity contribution in [2.45, 2.75) is 13.8 Å². The summed E-state index contributed by atoms with van der Waals surface area (Å²) in [7, 11) is -2.62. The second-order valence-electron chi connectivity index (χ2n) is 6.25. The number of nitro benzene ring substituents is 1. The molecule has 0 aliphatic heterocycles. The number of amides is 1. The minimum atomic E-state index is -3.93. The van der Waals surface area contributed by atoms with E-state index in [9.17, 15) is 23.3 Å². The topological polar surface area (TPSA) is 119 Å². The van der Waals surface area contributed by atoms with Crippen molar-refractivity contribution in [3.63, 3.8) is 0 Å². The fourth-order valence-corrected chi connectivity index (χ4v) is 3.41. The molecule has 1 amide bonds. The molecule has 0 unspecified atom stereocenters. The molecule has 2 aromatic carbocycles. The fourth-order valence-electron chi connectivity index (χ4n) is 2.56. The highest BCUT2D eigenvalue weighted by Gasteiger charge is 2.26. The molecule has 2 aromatic rings. The first-order valence-corrected chi connectivity index (χ1v) is 10.0. The predicted molar refractivity (Wildman–Crippen MR) is 106 cm³/mol. The van der Waals surface area contributed by atoms with E-state index in [-0.39, 0.29) is 17.1 Å². The number of nitro groups is 1. The molecule has 0 heterocycles. The summed E-state index contributed by atoms with van der Waals surface area (Å²) in [5.41, 5.74) is 1.90. The molecule has 9 nitrogen and oxygen atoms in total. The average Bonchev–Trinajstić information content (AvgIpc) is 2.61. The largest absolute Gasteiger partial charge is 0.495 e. The van der Waals surface area contributed by atoms with Gasteiger partial charge in [-0.3, -0.25) is 19.2 Å². The van der Waals surface area contributed by atoms with Crippen LogP contribution in [-0.2, 0) is 14.8 Å². The van der Waals surface area contributed by atoms with E-state index in [1.165, 1.54) is 19.2 Å². The van der Waals surface area contributed by atoms with E-state index in [0.29, 0.717) is 5.69 Å². The van der Waals surface area contributed by atoms with E-state index in [1.807, 2.05) is 26.0 Å². The molecular formula is C18H21N3O6S. The zero-order valence-corrected chi connectivity index (χ0v) is 16.7. The number of non-ortho nitro benzene ring substituents is 1. The van der Waals surface area contributed by atoms with E-state index in [4.69, 9.17) is 4.74 Å². The third-order valence-corrected chi connectivity index (χ3v) is 5.12. The minimum absolute atomic E-state index is 0.0877. The van der Waals surface area contributed by atoms with Gasteiger partial charge in [-0.05, 0) is 37.1 Å². The lowest BCUT2D eigenvalue weighted by atomic mass is 10.1. The van der Waals surface area contributed by atoms with Gasteiger partial charge >= 0.3 is 0 Å². The summed E-state index contributed by atoms with van der Waals surface area (Å²) < 4.78 is 30.5. The van der Waals surface area contributed by atoms with Crippen LogP contribution in [-0.4, -0.2) is 39.2 Å². The molecule has 0 aliphatic rings. The molecule has 0 fully saturated rings. The molecule has 0 aliphatic carbocycles. The number of sulfonamides is 1. The number of carbonyl (C=O) groups excluding carboxylic acids is 1. The Bertz CT molecular complexity index is 1020. The summed E-state index contributed by atoms with van der Waals surface area (Å²) in [5, 5.41) is 13.8. The Balaban J connectivity index is 2.40. The van der Waals surface area contributed by atoms with E-state index >= 15 is 0 Å². The minimum Gasteiger partial charge on any atom is -0.495 e. The molecule has 2 rings (SSSR count). The molecule has 0 saturated heterocycles. The van der Waals surface area contributed by atoms with Crippen molar-refractivity contribution in [3.05, 3.63) is 57.6 Å². The van der Waals surface area contributed by atoms with Crippen LogP contribution in [0.15, 0.2) is 36.4 Å². The molecule has 0 spiro atoms. The highest BCUT2D eigenvalue weighted by molar-refractivity contribution is 7.92. The maximum absolute atomic E-state index is 12.5. The molecule has 0 saturated carbocycles. The molecule has 0 aromatic heterocycles. The number of anilines is 2. The maximum Gasteiger partial charge on any atom is 0.271 e. The second kappa shape index (κ2) is 8.26. The number of nitrogens with one attached hydrogen (secondary N) is 1. The second-order valence-corrected chi connectivity index (χ2v) is 8.16. The molecule has 0 radical (unpaired) electrons. The smallest absolute Gasteiger partial charge is 0.271 e. The van der Waals surface area contributed by atoms with Gasteiger partial charge in [0, 0.05) is 17.8 Å². The number of aryl methyl sites for hydroxylation is 2. The van der Waals surface area contributed by atoms with E-state index in [0.717, 1.165) is 27.8 Å². The average molecular weight is 407 g/mol. The Morgan fingerprint density at radius 2 is 1.89 bits per heavy atom. The van der Waals surface area contributed by atoms with Crippen LogP contribution in [0.4, 0.5) is 17.1 Å². The van der Waals surface area contributed by atoms with Crippen molar-refractivity contribution in [1.82, 2.24) is 0 Å². The van der Waals surface area contributed by atoms with Gasteiger partial charge in [-0.1, -0.05) is 12.1 Å². The summed E-state index contributed by atoms with van der Waals surface area (Å²) in [4.78, 5) is 23.0. The van der Waals surface area contributed by atoms with Gasteiger partial charge < -0.3 is 10.1 Å². The van der Waals surface area contributed by atoms with Crippen LogP contribution in [0.3, 0.4) is 0 Å². The van der Waals surface area contributed by atoms with E-state index in [2.05, 4.69) is 5.32 Å². The lowest BCUT2D eigenvalue weighted by Gasteiger charge is -2.23. The first-order chi connectivity index (χ1) is 13.0. The monoisotopic (exact) mass is 407 g/mol. The summed E-state index contributed by atoms with van der Waals surface area (Å²) in [6, 6.07) is 9.04. The lowest BCUT2D eigenvalue weighted by molar-refractivity contribution is -0.384. The number of benzene rings is 2. The van der Waals surface area contributed by atoms with Gasteiger partial charge in [0.1, 0.15) is 18.0 Å². The Kier molecular flexibility index (Phi) is 6.24.